The molecule has 4 atom stereocenters. The van der Waals surface area contributed by atoms with E-state index in [1.807, 2.05) is 9.80 Å². The third-order valence-corrected chi connectivity index (χ3v) is 6.99. The molecule has 0 spiro atoms. The average Bonchev–Trinajstić information content (AvgIpc) is 3.33. The SMILES string of the molecule is C#Cc1ccc(C(=O)N2C[C@H]3CC[C@@H](C2)N3C(=O)[C@H]2CN3CCC[C@H]3CO2)cc1. The van der Waals surface area contributed by atoms with Crippen LogP contribution in [0.2, 0.25) is 0 Å². The van der Waals surface area contributed by atoms with Crippen LogP contribution in [0.3, 0.4) is 0 Å². The second-order valence-corrected chi connectivity index (χ2v) is 8.68. The fraction of sp³-hybridized carbons (Fsp3) is 0.565. The molecule has 4 fully saturated rings. The van der Waals surface area contributed by atoms with Crippen molar-refractivity contribution in [1.82, 2.24) is 14.7 Å². The van der Waals surface area contributed by atoms with Crippen LogP contribution in [0.5, 0.6) is 0 Å². The number of carbonyl (C=O) groups is 2. The van der Waals surface area contributed by atoms with Gasteiger partial charge in [-0.1, -0.05) is 5.92 Å². The summed E-state index contributed by atoms with van der Waals surface area (Å²) in [5.74, 6) is 2.71. The van der Waals surface area contributed by atoms with Crippen molar-refractivity contribution >= 4 is 11.8 Å². The average molecular weight is 393 g/mol. The fourth-order valence-electron chi connectivity index (χ4n) is 5.45. The molecule has 2 amide bonds. The monoisotopic (exact) mass is 393 g/mol. The summed E-state index contributed by atoms with van der Waals surface area (Å²) >= 11 is 0. The van der Waals surface area contributed by atoms with Crippen molar-refractivity contribution in [2.75, 3.05) is 32.8 Å². The Balaban J connectivity index is 1.25. The molecule has 2 bridgehead atoms. The Hall–Kier alpha value is -2.36. The largest absolute Gasteiger partial charge is 0.365 e. The van der Waals surface area contributed by atoms with Gasteiger partial charge in [0.2, 0.25) is 0 Å². The van der Waals surface area contributed by atoms with Gasteiger partial charge < -0.3 is 14.5 Å². The molecule has 0 N–H and O–H groups in total. The Morgan fingerprint density at radius 1 is 1.00 bits per heavy atom. The van der Waals surface area contributed by atoms with Crippen molar-refractivity contribution in [3.63, 3.8) is 0 Å². The number of nitrogens with zero attached hydrogens (tertiary/aromatic N) is 3. The van der Waals surface area contributed by atoms with Gasteiger partial charge in [-0.2, -0.15) is 0 Å². The molecule has 0 aromatic heterocycles. The summed E-state index contributed by atoms with van der Waals surface area (Å²) in [6, 6.07) is 7.86. The molecule has 152 valence electrons. The van der Waals surface area contributed by atoms with E-state index in [1.165, 1.54) is 12.8 Å². The molecule has 1 aromatic carbocycles. The van der Waals surface area contributed by atoms with Crippen molar-refractivity contribution in [3.05, 3.63) is 35.4 Å². The molecule has 6 heteroatoms. The molecule has 0 aliphatic carbocycles. The number of fused-ring (bicyclic) bond motifs is 3. The van der Waals surface area contributed by atoms with E-state index in [0.29, 0.717) is 37.8 Å². The molecule has 4 aliphatic rings. The van der Waals surface area contributed by atoms with Gasteiger partial charge in [-0.15, -0.1) is 6.42 Å². The van der Waals surface area contributed by atoms with Crippen LogP contribution in [0.15, 0.2) is 24.3 Å². The van der Waals surface area contributed by atoms with Gasteiger partial charge in [-0.05, 0) is 56.5 Å². The number of morpholine rings is 1. The van der Waals surface area contributed by atoms with Gasteiger partial charge in [0.05, 0.1) is 6.61 Å². The van der Waals surface area contributed by atoms with E-state index in [9.17, 15) is 9.59 Å². The van der Waals surface area contributed by atoms with Crippen molar-refractivity contribution in [2.24, 2.45) is 0 Å². The summed E-state index contributed by atoms with van der Waals surface area (Å²) in [5.41, 5.74) is 1.42. The molecule has 4 aliphatic heterocycles. The predicted molar refractivity (Wildman–Crippen MR) is 108 cm³/mol. The first-order valence-corrected chi connectivity index (χ1v) is 10.7. The Bertz CT molecular complexity index is 832. The lowest BCUT2D eigenvalue weighted by atomic mass is 10.1. The highest BCUT2D eigenvalue weighted by atomic mass is 16.5. The van der Waals surface area contributed by atoms with Gasteiger partial charge >= 0.3 is 0 Å². The second-order valence-electron chi connectivity index (χ2n) is 8.68. The third-order valence-electron chi connectivity index (χ3n) is 6.99. The Labute approximate surface area is 171 Å². The minimum Gasteiger partial charge on any atom is -0.365 e. The zero-order valence-corrected chi connectivity index (χ0v) is 16.6. The van der Waals surface area contributed by atoms with Crippen LogP contribution >= 0.6 is 0 Å². The smallest absolute Gasteiger partial charge is 0.253 e. The van der Waals surface area contributed by atoms with Crippen LogP contribution in [0.4, 0.5) is 0 Å². The fourth-order valence-corrected chi connectivity index (χ4v) is 5.45. The number of carbonyl (C=O) groups excluding carboxylic acids is 2. The van der Waals surface area contributed by atoms with E-state index in [2.05, 4.69) is 10.8 Å². The van der Waals surface area contributed by atoms with Gasteiger partial charge in [0.25, 0.3) is 11.8 Å². The van der Waals surface area contributed by atoms with Crippen molar-refractivity contribution in [1.29, 1.82) is 0 Å². The molecule has 29 heavy (non-hydrogen) atoms. The Kier molecular flexibility index (Phi) is 4.81. The Morgan fingerprint density at radius 2 is 1.72 bits per heavy atom. The topological polar surface area (TPSA) is 53.1 Å². The number of piperazine rings is 1. The Morgan fingerprint density at radius 3 is 2.41 bits per heavy atom. The number of terminal acetylenes is 1. The van der Waals surface area contributed by atoms with Crippen LogP contribution < -0.4 is 0 Å². The van der Waals surface area contributed by atoms with Crippen LogP contribution in [-0.4, -0.2) is 83.5 Å². The zero-order chi connectivity index (χ0) is 20.0. The van der Waals surface area contributed by atoms with E-state index in [-0.39, 0.29) is 30.0 Å². The van der Waals surface area contributed by atoms with Crippen LogP contribution in [0, 0.1) is 12.3 Å². The van der Waals surface area contributed by atoms with Crippen molar-refractivity contribution < 1.29 is 14.3 Å². The van der Waals surface area contributed by atoms with E-state index in [0.717, 1.165) is 24.9 Å². The summed E-state index contributed by atoms with van der Waals surface area (Å²) in [6.07, 6.45) is 9.33. The third kappa shape index (κ3) is 3.33. The number of benzene rings is 1. The lowest BCUT2D eigenvalue weighted by Gasteiger charge is -2.44. The molecular weight excluding hydrogens is 366 g/mol. The van der Waals surface area contributed by atoms with E-state index in [4.69, 9.17) is 11.2 Å². The molecule has 0 radical (unpaired) electrons. The van der Waals surface area contributed by atoms with E-state index < -0.39 is 0 Å². The molecular formula is C23H27N3O3. The first kappa shape index (κ1) is 18.7. The molecule has 0 unspecified atom stereocenters. The van der Waals surface area contributed by atoms with Gasteiger partial charge in [0.15, 0.2) is 0 Å². The second kappa shape index (κ2) is 7.47. The number of hydrogen-bond acceptors (Lipinski definition) is 4. The lowest BCUT2D eigenvalue weighted by molar-refractivity contribution is -0.156. The summed E-state index contributed by atoms with van der Waals surface area (Å²) in [6.45, 7) is 3.64. The predicted octanol–water partition coefficient (Wildman–Crippen LogP) is 1.35. The summed E-state index contributed by atoms with van der Waals surface area (Å²) in [5, 5.41) is 0. The number of hydrogen-bond donors (Lipinski definition) is 0. The molecule has 6 nitrogen and oxygen atoms in total. The summed E-state index contributed by atoms with van der Waals surface area (Å²) in [4.78, 5) is 32.6. The molecule has 4 heterocycles. The van der Waals surface area contributed by atoms with Crippen LogP contribution in [0.25, 0.3) is 0 Å². The number of likely N-dealkylation sites (tertiary alicyclic amines) is 1. The van der Waals surface area contributed by atoms with Crippen LogP contribution in [0.1, 0.15) is 41.6 Å². The first-order chi connectivity index (χ1) is 14.1. The van der Waals surface area contributed by atoms with Crippen molar-refractivity contribution in [2.45, 2.75) is 49.9 Å². The lowest BCUT2D eigenvalue weighted by Crippen LogP contribution is -2.61. The van der Waals surface area contributed by atoms with Gasteiger partial charge in [-0.25, -0.2) is 0 Å². The summed E-state index contributed by atoms with van der Waals surface area (Å²) < 4.78 is 5.97. The maximum absolute atomic E-state index is 13.3. The quantitative estimate of drug-likeness (QED) is 0.712. The van der Waals surface area contributed by atoms with Crippen LogP contribution in [-0.2, 0) is 9.53 Å². The highest BCUT2D eigenvalue weighted by molar-refractivity contribution is 5.94. The standard InChI is InChI=1S/C23H27N3O3/c1-2-16-5-7-17(8-6-16)22(27)25-12-18-9-10-19(13-25)26(18)23(28)21-14-24-11-3-4-20(24)15-29-21/h1,5-8,18-21H,3-4,9-15H2/t18-,19+,20-,21+/m0/s1. The molecule has 0 saturated carbocycles. The molecule has 4 saturated heterocycles. The zero-order valence-electron chi connectivity index (χ0n) is 16.6. The van der Waals surface area contributed by atoms with Crippen molar-refractivity contribution in [3.8, 4) is 12.3 Å². The highest BCUT2D eigenvalue weighted by Gasteiger charge is 2.47. The van der Waals surface area contributed by atoms with E-state index in [1.54, 1.807) is 24.3 Å². The first-order valence-electron chi connectivity index (χ1n) is 10.7. The normalized spacial score (nSPS) is 31.4. The molecule has 1 aromatic rings. The van der Waals surface area contributed by atoms with Gasteiger partial charge in [-0.3, -0.25) is 14.5 Å². The van der Waals surface area contributed by atoms with Gasteiger partial charge in [0.1, 0.15) is 6.10 Å². The van der Waals surface area contributed by atoms with Gasteiger partial charge in [0, 0.05) is 48.9 Å². The highest BCUT2D eigenvalue weighted by Crippen LogP contribution is 2.33. The molecule has 5 rings (SSSR count). The maximum atomic E-state index is 13.3. The minimum absolute atomic E-state index is 0.0198. The number of ether oxygens (including phenoxy) is 1. The summed E-state index contributed by atoms with van der Waals surface area (Å²) in [7, 11) is 0. The number of amides is 2. The maximum Gasteiger partial charge on any atom is 0.253 e. The van der Waals surface area contributed by atoms with E-state index >= 15 is 0 Å². The number of rotatable bonds is 2. The minimum atomic E-state index is -0.356.